The Bertz CT molecular complexity index is 796. The second kappa shape index (κ2) is 6.70. The first-order valence-electron chi connectivity index (χ1n) is 7.18. The Balaban J connectivity index is 1.63. The molecule has 0 spiro atoms. The van der Waals surface area contributed by atoms with Crippen LogP contribution in [0.2, 0.25) is 0 Å². The van der Waals surface area contributed by atoms with Gasteiger partial charge in [-0.15, -0.1) is 11.3 Å². The molecule has 23 heavy (non-hydrogen) atoms. The van der Waals surface area contributed by atoms with Gasteiger partial charge in [0.2, 0.25) is 5.91 Å². The lowest BCUT2D eigenvalue weighted by Gasteiger charge is -2.15. The van der Waals surface area contributed by atoms with Gasteiger partial charge in [-0.05, 0) is 12.1 Å². The molecule has 0 aromatic carbocycles. The number of carbonyl (C=O) groups is 1. The minimum atomic E-state index is 0.0388. The van der Waals surface area contributed by atoms with Crippen LogP contribution < -0.4 is 0 Å². The number of thiazole rings is 1. The molecule has 0 bridgehead atoms. The molecule has 0 atom stereocenters. The minimum absolute atomic E-state index is 0.0388. The molecule has 6 nitrogen and oxygen atoms in total. The Morgan fingerprint density at radius 1 is 1.39 bits per heavy atom. The van der Waals surface area contributed by atoms with Crippen molar-refractivity contribution in [1.29, 1.82) is 0 Å². The second-order valence-corrected chi connectivity index (χ2v) is 6.19. The maximum Gasteiger partial charge on any atom is 0.228 e. The van der Waals surface area contributed by atoms with Gasteiger partial charge in [0.25, 0.3) is 0 Å². The van der Waals surface area contributed by atoms with Crippen molar-refractivity contribution in [1.82, 2.24) is 24.6 Å². The number of hydrogen-bond donors (Lipinski definition) is 0. The van der Waals surface area contributed by atoms with Gasteiger partial charge < -0.3 is 4.90 Å². The predicted molar refractivity (Wildman–Crippen MR) is 88.7 cm³/mol. The highest BCUT2D eigenvalue weighted by atomic mass is 32.1. The summed E-state index contributed by atoms with van der Waals surface area (Å²) in [6, 6.07) is 3.84. The lowest BCUT2D eigenvalue weighted by molar-refractivity contribution is -0.129. The fourth-order valence-corrected chi connectivity index (χ4v) is 3.03. The topological polar surface area (TPSA) is 63.9 Å². The molecule has 0 aliphatic rings. The van der Waals surface area contributed by atoms with Crippen LogP contribution in [0, 0.1) is 0 Å². The van der Waals surface area contributed by atoms with Crippen molar-refractivity contribution >= 4 is 17.2 Å². The third-order valence-electron chi connectivity index (χ3n) is 3.40. The highest BCUT2D eigenvalue weighted by Gasteiger charge is 2.14. The van der Waals surface area contributed by atoms with E-state index in [1.54, 1.807) is 35.2 Å². The second-order valence-electron chi connectivity index (χ2n) is 5.33. The molecule has 0 unspecified atom stereocenters. The first-order chi connectivity index (χ1) is 11.1. The van der Waals surface area contributed by atoms with Crippen LogP contribution in [0.3, 0.4) is 0 Å². The maximum atomic E-state index is 12.3. The Hall–Kier alpha value is -2.54. The van der Waals surface area contributed by atoms with Crippen LogP contribution in [0.5, 0.6) is 0 Å². The Kier molecular flexibility index (Phi) is 4.47. The summed E-state index contributed by atoms with van der Waals surface area (Å²) < 4.78 is 1.73. The SMILES string of the molecule is CN(Cc1cnn(C)c1)C(=O)Cc1csc(-c2cccnc2)n1. The van der Waals surface area contributed by atoms with E-state index in [2.05, 4.69) is 15.1 Å². The van der Waals surface area contributed by atoms with Gasteiger partial charge in [0, 0.05) is 55.7 Å². The number of aryl methyl sites for hydroxylation is 1. The number of nitrogens with zero attached hydrogens (tertiary/aromatic N) is 5. The molecule has 0 radical (unpaired) electrons. The van der Waals surface area contributed by atoms with Gasteiger partial charge in [-0.2, -0.15) is 5.10 Å². The van der Waals surface area contributed by atoms with Crippen molar-refractivity contribution in [2.45, 2.75) is 13.0 Å². The lowest BCUT2D eigenvalue weighted by atomic mass is 10.2. The molecule has 0 saturated carbocycles. The predicted octanol–water partition coefficient (Wildman–Crippen LogP) is 2.14. The van der Waals surface area contributed by atoms with E-state index in [9.17, 15) is 4.79 Å². The standard InChI is InChI=1S/C16H17N5OS/c1-20(9-12-7-18-21(2)10-12)15(22)6-14-11-23-16(19-14)13-4-3-5-17-8-13/h3-5,7-8,10-11H,6,9H2,1-2H3. The highest BCUT2D eigenvalue weighted by molar-refractivity contribution is 7.13. The summed E-state index contributed by atoms with van der Waals surface area (Å²) in [7, 11) is 3.66. The van der Waals surface area contributed by atoms with Crippen LogP contribution in [-0.2, 0) is 24.8 Å². The number of amides is 1. The minimum Gasteiger partial charge on any atom is -0.341 e. The first kappa shape index (κ1) is 15.4. The summed E-state index contributed by atoms with van der Waals surface area (Å²) in [6.45, 7) is 0.548. The molecule has 1 amide bonds. The van der Waals surface area contributed by atoms with E-state index in [1.807, 2.05) is 30.8 Å². The Morgan fingerprint density at radius 3 is 2.96 bits per heavy atom. The van der Waals surface area contributed by atoms with Gasteiger partial charge in [-0.3, -0.25) is 14.5 Å². The van der Waals surface area contributed by atoms with Gasteiger partial charge in [0.05, 0.1) is 18.3 Å². The summed E-state index contributed by atoms with van der Waals surface area (Å²) in [5.74, 6) is 0.0388. The summed E-state index contributed by atoms with van der Waals surface area (Å²) in [4.78, 5) is 22.6. The van der Waals surface area contributed by atoms with E-state index in [0.717, 1.165) is 21.8 Å². The van der Waals surface area contributed by atoms with E-state index in [0.29, 0.717) is 13.0 Å². The number of carbonyl (C=O) groups excluding carboxylic acids is 1. The molecule has 0 aliphatic carbocycles. The van der Waals surface area contributed by atoms with E-state index in [1.165, 1.54) is 11.3 Å². The van der Waals surface area contributed by atoms with Crippen LogP contribution >= 0.6 is 11.3 Å². The largest absolute Gasteiger partial charge is 0.341 e. The van der Waals surface area contributed by atoms with Gasteiger partial charge in [0.1, 0.15) is 5.01 Å². The fourth-order valence-electron chi connectivity index (χ4n) is 2.22. The molecular formula is C16H17N5OS. The molecule has 3 rings (SSSR count). The molecular weight excluding hydrogens is 310 g/mol. The molecule has 0 fully saturated rings. The van der Waals surface area contributed by atoms with E-state index < -0.39 is 0 Å². The third-order valence-corrected chi connectivity index (χ3v) is 4.34. The van der Waals surface area contributed by atoms with Crippen molar-refractivity contribution in [3.8, 4) is 10.6 Å². The molecule has 118 valence electrons. The van der Waals surface area contributed by atoms with Crippen molar-refractivity contribution in [3.63, 3.8) is 0 Å². The number of likely N-dealkylation sites (N-methyl/N-ethyl adjacent to an activating group) is 1. The first-order valence-corrected chi connectivity index (χ1v) is 8.06. The molecule has 3 aromatic rings. The average molecular weight is 327 g/mol. The van der Waals surface area contributed by atoms with Crippen molar-refractivity contribution in [2.75, 3.05) is 7.05 Å². The van der Waals surface area contributed by atoms with Crippen LogP contribution in [-0.4, -0.2) is 37.6 Å². The van der Waals surface area contributed by atoms with Gasteiger partial charge in [0.15, 0.2) is 0 Å². The van der Waals surface area contributed by atoms with Crippen LogP contribution in [0.1, 0.15) is 11.3 Å². The summed E-state index contributed by atoms with van der Waals surface area (Å²) in [6.07, 6.45) is 7.49. The van der Waals surface area contributed by atoms with E-state index >= 15 is 0 Å². The maximum absolute atomic E-state index is 12.3. The molecule has 7 heteroatoms. The van der Waals surface area contributed by atoms with Crippen LogP contribution in [0.4, 0.5) is 0 Å². The zero-order chi connectivity index (χ0) is 16.2. The van der Waals surface area contributed by atoms with Crippen molar-refractivity contribution in [2.24, 2.45) is 7.05 Å². The smallest absolute Gasteiger partial charge is 0.228 e. The van der Waals surface area contributed by atoms with E-state index in [-0.39, 0.29) is 5.91 Å². The third kappa shape index (κ3) is 3.81. The quantitative estimate of drug-likeness (QED) is 0.720. The highest BCUT2D eigenvalue weighted by Crippen LogP contribution is 2.23. The number of rotatable bonds is 5. The van der Waals surface area contributed by atoms with Crippen molar-refractivity contribution < 1.29 is 4.79 Å². The Labute approximate surface area is 138 Å². The van der Waals surface area contributed by atoms with Crippen molar-refractivity contribution in [3.05, 3.63) is 53.6 Å². The fraction of sp³-hybridized carbons (Fsp3) is 0.250. The molecule has 3 heterocycles. The molecule has 0 N–H and O–H groups in total. The number of hydrogen-bond acceptors (Lipinski definition) is 5. The molecule has 0 aliphatic heterocycles. The van der Waals surface area contributed by atoms with Crippen LogP contribution in [0.15, 0.2) is 42.3 Å². The van der Waals surface area contributed by atoms with Gasteiger partial charge in [-0.1, -0.05) is 0 Å². The van der Waals surface area contributed by atoms with Gasteiger partial charge in [-0.25, -0.2) is 4.98 Å². The van der Waals surface area contributed by atoms with E-state index in [4.69, 9.17) is 0 Å². The monoisotopic (exact) mass is 327 g/mol. The average Bonchev–Trinajstić information content (AvgIpc) is 3.17. The lowest BCUT2D eigenvalue weighted by Crippen LogP contribution is -2.27. The zero-order valence-electron chi connectivity index (χ0n) is 13.0. The normalized spacial score (nSPS) is 10.7. The molecule has 0 saturated heterocycles. The number of aromatic nitrogens is 4. The summed E-state index contributed by atoms with van der Waals surface area (Å²) in [5, 5.41) is 6.93. The summed E-state index contributed by atoms with van der Waals surface area (Å²) in [5.41, 5.74) is 2.77. The molecule has 3 aromatic heterocycles. The summed E-state index contributed by atoms with van der Waals surface area (Å²) >= 11 is 1.53. The number of pyridine rings is 1. The Morgan fingerprint density at radius 2 is 2.26 bits per heavy atom. The zero-order valence-corrected chi connectivity index (χ0v) is 13.8. The van der Waals surface area contributed by atoms with Crippen LogP contribution in [0.25, 0.3) is 10.6 Å². The van der Waals surface area contributed by atoms with Gasteiger partial charge >= 0.3 is 0 Å².